The molecule has 2 heterocycles. The molecule has 0 aliphatic carbocycles. The molecule has 2 amide bonds. The van der Waals surface area contributed by atoms with Crippen molar-refractivity contribution in [3.8, 4) is 5.75 Å². The van der Waals surface area contributed by atoms with Gasteiger partial charge in [0.2, 0.25) is 5.91 Å². The molecule has 0 saturated carbocycles. The number of thiocarbonyl (C=S) groups is 1. The van der Waals surface area contributed by atoms with Gasteiger partial charge in [-0.05, 0) is 18.6 Å². The highest BCUT2D eigenvalue weighted by Gasteiger charge is 2.37. The van der Waals surface area contributed by atoms with Crippen LogP contribution in [0.4, 0.5) is 0 Å². The molecule has 0 N–H and O–H groups in total. The molecule has 0 aromatic heterocycles. The molecule has 3 rings (SSSR count). The third-order valence-electron chi connectivity index (χ3n) is 4.74. The molecule has 1 aromatic carbocycles. The Hall–Kier alpha value is -1.91. The normalized spacial score (nSPS) is 22.7. The number of carbonyl (C=O) groups excluding carboxylic acids is 2. The molecule has 10 heteroatoms. The van der Waals surface area contributed by atoms with Crippen molar-refractivity contribution < 1.29 is 22.7 Å². The van der Waals surface area contributed by atoms with Crippen LogP contribution in [-0.2, 0) is 19.4 Å². The number of thioether (sulfide) groups is 1. The SMILES string of the molecule is COc1ccccc1/C=C1\SC(=S)N(CC(=O)N(C)C2CCS(=O)(=O)C2)C1=O. The summed E-state index contributed by atoms with van der Waals surface area (Å²) in [7, 11) is 0.0187. The Morgan fingerprint density at radius 3 is 2.79 bits per heavy atom. The van der Waals surface area contributed by atoms with E-state index in [-0.39, 0.29) is 35.9 Å². The average Bonchev–Trinajstić information content (AvgIpc) is 3.15. The molecule has 0 spiro atoms. The summed E-state index contributed by atoms with van der Waals surface area (Å²) in [6, 6.07) is 6.92. The summed E-state index contributed by atoms with van der Waals surface area (Å²) < 4.78 is 28.9. The summed E-state index contributed by atoms with van der Waals surface area (Å²) in [5.41, 5.74) is 0.741. The molecule has 150 valence electrons. The lowest BCUT2D eigenvalue weighted by Crippen LogP contribution is -2.45. The van der Waals surface area contributed by atoms with Crippen molar-refractivity contribution in [1.82, 2.24) is 9.80 Å². The Kier molecular flexibility index (Phi) is 6.11. The zero-order valence-corrected chi connectivity index (χ0v) is 17.9. The summed E-state index contributed by atoms with van der Waals surface area (Å²) in [5.74, 6) is -0.0102. The van der Waals surface area contributed by atoms with Gasteiger partial charge in [0.05, 0.1) is 23.5 Å². The average molecular weight is 441 g/mol. The second-order valence-corrected chi connectivity index (χ2v) is 10.5. The zero-order chi connectivity index (χ0) is 20.5. The summed E-state index contributed by atoms with van der Waals surface area (Å²) in [6.07, 6.45) is 2.10. The molecule has 2 aliphatic heterocycles. The van der Waals surface area contributed by atoms with Crippen LogP contribution in [0.3, 0.4) is 0 Å². The summed E-state index contributed by atoms with van der Waals surface area (Å²) in [4.78, 5) is 28.4. The van der Waals surface area contributed by atoms with Crippen LogP contribution in [0.5, 0.6) is 5.75 Å². The zero-order valence-electron chi connectivity index (χ0n) is 15.5. The lowest BCUT2D eigenvalue weighted by atomic mass is 10.2. The Morgan fingerprint density at radius 1 is 1.43 bits per heavy atom. The number of sulfone groups is 1. The van der Waals surface area contributed by atoms with E-state index in [1.165, 1.54) is 9.80 Å². The van der Waals surface area contributed by atoms with Crippen molar-refractivity contribution in [2.75, 3.05) is 32.2 Å². The largest absolute Gasteiger partial charge is 0.496 e. The van der Waals surface area contributed by atoms with Gasteiger partial charge < -0.3 is 9.64 Å². The highest BCUT2D eigenvalue weighted by molar-refractivity contribution is 8.26. The highest BCUT2D eigenvalue weighted by atomic mass is 32.2. The monoisotopic (exact) mass is 440 g/mol. The molecule has 2 saturated heterocycles. The van der Waals surface area contributed by atoms with Crippen LogP contribution in [0, 0.1) is 0 Å². The molecule has 28 heavy (non-hydrogen) atoms. The van der Waals surface area contributed by atoms with Crippen LogP contribution in [0.25, 0.3) is 6.08 Å². The molecule has 1 aromatic rings. The van der Waals surface area contributed by atoms with E-state index in [0.29, 0.717) is 21.4 Å². The number of carbonyl (C=O) groups is 2. The van der Waals surface area contributed by atoms with Crippen molar-refractivity contribution in [2.45, 2.75) is 12.5 Å². The van der Waals surface area contributed by atoms with Gasteiger partial charge in [0.15, 0.2) is 9.84 Å². The number of rotatable bonds is 5. The van der Waals surface area contributed by atoms with Gasteiger partial charge in [0, 0.05) is 18.7 Å². The fraction of sp³-hybridized carbons (Fsp3) is 0.389. The molecule has 7 nitrogen and oxygen atoms in total. The van der Waals surface area contributed by atoms with E-state index in [0.717, 1.165) is 17.3 Å². The Bertz CT molecular complexity index is 958. The number of hydrogen-bond donors (Lipinski definition) is 0. The minimum atomic E-state index is -3.10. The van der Waals surface area contributed by atoms with Gasteiger partial charge in [0.1, 0.15) is 16.6 Å². The molecule has 0 radical (unpaired) electrons. The third kappa shape index (κ3) is 4.39. The number of methoxy groups -OCH3 is 1. The Morgan fingerprint density at radius 2 is 2.14 bits per heavy atom. The standard InChI is InChI=1S/C18H20N2O5S3/c1-19(13-7-8-28(23,24)11-13)16(21)10-20-17(22)15(27-18(20)26)9-12-5-3-4-6-14(12)25-2/h3-6,9,13H,7-8,10-11H2,1-2H3/b15-9-. The van der Waals surface area contributed by atoms with Gasteiger partial charge in [-0.2, -0.15) is 0 Å². The van der Waals surface area contributed by atoms with E-state index in [2.05, 4.69) is 0 Å². The molecule has 2 fully saturated rings. The van der Waals surface area contributed by atoms with E-state index < -0.39 is 9.84 Å². The van der Waals surface area contributed by atoms with E-state index >= 15 is 0 Å². The van der Waals surface area contributed by atoms with Crippen molar-refractivity contribution >= 4 is 56.0 Å². The predicted molar refractivity (Wildman–Crippen MR) is 113 cm³/mol. The fourth-order valence-corrected chi connectivity index (χ4v) is 6.11. The van der Waals surface area contributed by atoms with Crippen molar-refractivity contribution in [3.05, 3.63) is 34.7 Å². The van der Waals surface area contributed by atoms with E-state index in [1.54, 1.807) is 26.3 Å². The Balaban J connectivity index is 1.72. The van der Waals surface area contributed by atoms with E-state index in [9.17, 15) is 18.0 Å². The van der Waals surface area contributed by atoms with Gasteiger partial charge in [0.25, 0.3) is 5.91 Å². The highest BCUT2D eigenvalue weighted by Crippen LogP contribution is 2.34. The van der Waals surface area contributed by atoms with Gasteiger partial charge in [-0.1, -0.05) is 42.2 Å². The topological polar surface area (TPSA) is 84.0 Å². The summed E-state index contributed by atoms with van der Waals surface area (Å²) >= 11 is 6.41. The lowest BCUT2D eigenvalue weighted by Gasteiger charge is -2.25. The Labute approximate surface area is 173 Å². The van der Waals surface area contributed by atoms with Gasteiger partial charge >= 0.3 is 0 Å². The molecular weight excluding hydrogens is 420 g/mol. The predicted octanol–water partition coefficient (Wildman–Crippen LogP) is 1.54. The molecule has 2 aliphatic rings. The maximum absolute atomic E-state index is 12.7. The third-order valence-corrected chi connectivity index (χ3v) is 7.87. The molecule has 1 unspecified atom stereocenters. The van der Waals surface area contributed by atoms with Crippen molar-refractivity contribution in [1.29, 1.82) is 0 Å². The summed E-state index contributed by atoms with van der Waals surface area (Å²) in [6.45, 7) is -0.207. The van der Waals surface area contributed by atoms with Crippen molar-refractivity contribution in [2.24, 2.45) is 0 Å². The quantitative estimate of drug-likeness (QED) is 0.507. The van der Waals surface area contributed by atoms with Gasteiger partial charge in [-0.15, -0.1) is 0 Å². The number of ether oxygens (including phenoxy) is 1. The van der Waals surface area contributed by atoms with E-state index in [1.807, 2.05) is 18.2 Å². The molecule has 1 atom stereocenters. The second kappa shape index (κ2) is 8.22. The first-order valence-corrected chi connectivity index (χ1v) is 11.6. The van der Waals surface area contributed by atoms with Crippen molar-refractivity contribution in [3.63, 3.8) is 0 Å². The number of benzene rings is 1. The first kappa shape index (κ1) is 20.8. The number of nitrogens with zero attached hydrogens (tertiary/aromatic N) is 2. The number of likely N-dealkylation sites (N-methyl/N-ethyl adjacent to an activating group) is 1. The minimum Gasteiger partial charge on any atom is -0.496 e. The van der Waals surface area contributed by atoms with Gasteiger partial charge in [-0.25, -0.2) is 8.42 Å². The maximum Gasteiger partial charge on any atom is 0.266 e. The number of amides is 2. The first-order chi connectivity index (χ1) is 13.2. The molecule has 0 bridgehead atoms. The smallest absolute Gasteiger partial charge is 0.266 e. The second-order valence-electron chi connectivity index (χ2n) is 6.57. The van der Waals surface area contributed by atoms with Crippen LogP contribution in [0.2, 0.25) is 0 Å². The number of hydrogen-bond acceptors (Lipinski definition) is 7. The van der Waals surface area contributed by atoms with Crippen LogP contribution in [-0.4, -0.2) is 72.6 Å². The number of para-hydroxylation sites is 1. The summed E-state index contributed by atoms with van der Waals surface area (Å²) in [5, 5.41) is 0. The van der Waals surface area contributed by atoms with Crippen LogP contribution >= 0.6 is 24.0 Å². The fourth-order valence-electron chi connectivity index (χ4n) is 3.09. The van der Waals surface area contributed by atoms with Crippen LogP contribution in [0.15, 0.2) is 29.2 Å². The van der Waals surface area contributed by atoms with E-state index in [4.69, 9.17) is 17.0 Å². The molecular formula is C18H20N2O5S3. The minimum absolute atomic E-state index is 0.0403. The van der Waals surface area contributed by atoms with Crippen LogP contribution < -0.4 is 4.74 Å². The lowest BCUT2D eigenvalue weighted by molar-refractivity contribution is -0.135. The van der Waals surface area contributed by atoms with Gasteiger partial charge in [-0.3, -0.25) is 14.5 Å². The van der Waals surface area contributed by atoms with Crippen LogP contribution in [0.1, 0.15) is 12.0 Å². The first-order valence-electron chi connectivity index (χ1n) is 8.56. The maximum atomic E-state index is 12.7.